The van der Waals surface area contributed by atoms with Crippen molar-refractivity contribution < 1.29 is 31.7 Å². The summed E-state index contributed by atoms with van der Waals surface area (Å²) in [6, 6.07) is 13.6. The second kappa shape index (κ2) is 8.55. The maximum absolute atomic E-state index is 12.0. The molecule has 2 aromatic carbocycles. The van der Waals surface area contributed by atoms with Crippen molar-refractivity contribution in [3.63, 3.8) is 0 Å². The molecule has 3 aromatic rings. The molecule has 3 rings (SSSR count). The molecule has 0 bridgehead atoms. The van der Waals surface area contributed by atoms with E-state index in [4.69, 9.17) is 29.6 Å². The van der Waals surface area contributed by atoms with Crippen molar-refractivity contribution in [2.45, 2.75) is 0 Å². The summed E-state index contributed by atoms with van der Waals surface area (Å²) in [5.41, 5.74) is 6.12. The van der Waals surface area contributed by atoms with Gasteiger partial charge in [-0.2, -0.15) is 8.42 Å². The van der Waals surface area contributed by atoms with E-state index in [1.54, 1.807) is 36.4 Å². The lowest BCUT2D eigenvalue weighted by Gasteiger charge is -2.06. The second-order valence-corrected chi connectivity index (χ2v) is 7.05. The zero-order valence-corrected chi connectivity index (χ0v) is 15.8. The number of hydrogen-bond donors (Lipinski definition) is 3. The topological polar surface area (TPSA) is 153 Å². The predicted molar refractivity (Wildman–Crippen MR) is 103 cm³/mol. The van der Waals surface area contributed by atoms with Crippen LogP contribution in [0, 0.1) is 5.41 Å². The van der Waals surface area contributed by atoms with E-state index in [9.17, 15) is 13.2 Å². The lowest BCUT2D eigenvalue weighted by Crippen LogP contribution is -2.10. The highest BCUT2D eigenvalue weighted by molar-refractivity contribution is 7.85. The molecule has 4 N–H and O–H groups in total. The number of furan rings is 1. The number of methoxy groups -OCH3 is 1. The Labute approximate surface area is 160 Å². The summed E-state index contributed by atoms with van der Waals surface area (Å²) in [4.78, 5) is 12.0. The zero-order chi connectivity index (χ0) is 20.9. The van der Waals surface area contributed by atoms with Gasteiger partial charge in [-0.25, -0.2) is 4.79 Å². The van der Waals surface area contributed by atoms with Gasteiger partial charge in [-0.15, -0.1) is 0 Å². The molecule has 0 unspecified atom stereocenters. The van der Waals surface area contributed by atoms with Crippen LogP contribution >= 0.6 is 0 Å². The van der Waals surface area contributed by atoms with Crippen LogP contribution in [0.4, 0.5) is 0 Å². The Hall–Kier alpha value is -3.37. The fourth-order valence-corrected chi connectivity index (χ4v) is 2.15. The molecular weight excluding hydrogens is 388 g/mol. The Morgan fingerprint density at radius 1 is 1.11 bits per heavy atom. The van der Waals surface area contributed by atoms with Crippen molar-refractivity contribution in [1.82, 2.24) is 0 Å². The Balaban J connectivity index is 0.000000500. The molecule has 0 fully saturated rings. The minimum atomic E-state index is -3.67. The number of amidine groups is 1. The lowest BCUT2D eigenvalue weighted by molar-refractivity contribution is 0.0695. The van der Waals surface area contributed by atoms with Gasteiger partial charge in [-0.3, -0.25) is 9.96 Å². The van der Waals surface area contributed by atoms with E-state index >= 15 is 0 Å². The molecular formula is C18H18N2O7S. The number of rotatable bonds is 4. The quantitative estimate of drug-likeness (QED) is 0.196. The third-order valence-electron chi connectivity index (χ3n) is 3.32. The third-order valence-corrected chi connectivity index (χ3v) is 3.32. The molecule has 148 valence electrons. The largest absolute Gasteiger partial charge is 0.468 e. The standard InChI is InChI=1S/C17H14N2O4.CH4O3S/c1-21-15-7-6-14(23-15)17(20)22-13-5-4-10-8-12(16(18)19)3-2-11(10)9-13;1-5(2,3)4/h2-9H,1H3,(H3,18,19);1H3,(H,2,3,4). The first-order chi connectivity index (χ1) is 13.1. The van der Waals surface area contributed by atoms with E-state index in [0.717, 1.165) is 10.8 Å². The molecule has 0 atom stereocenters. The van der Waals surface area contributed by atoms with Crippen LogP contribution in [0.2, 0.25) is 0 Å². The van der Waals surface area contributed by atoms with Gasteiger partial charge in [0.2, 0.25) is 5.76 Å². The maximum Gasteiger partial charge on any atom is 0.379 e. The Bertz CT molecular complexity index is 1110. The fourth-order valence-electron chi connectivity index (χ4n) is 2.15. The van der Waals surface area contributed by atoms with E-state index in [0.29, 0.717) is 17.6 Å². The highest BCUT2D eigenvalue weighted by Gasteiger charge is 2.14. The van der Waals surface area contributed by atoms with E-state index in [2.05, 4.69) is 0 Å². The van der Waals surface area contributed by atoms with Crippen LogP contribution in [-0.2, 0) is 10.1 Å². The summed E-state index contributed by atoms with van der Waals surface area (Å²) in [7, 11) is -2.22. The Morgan fingerprint density at radius 2 is 1.71 bits per heavy atom. The fraction of sp³-hybridized carbons (Fsp3) is 0.111. The first kappa shape index (κ1) is 20.9. The van der Waals surface area contributed by atoms with E-state index < -0.39 is 16.1 Å². The second-order valence-electron chi connectivity index (χ2n) is 5.58. The van der Waals surface area contributed by atoms with E-state index in [1.165, 1.54) is 13.2 Å². The number of benzene rings is 2. The number of esters is 1. The Morgan fingerprint density at radius 3 is 2.29 bits per heavy atom. The molecule has 0 saturated heterocycles. The highest BCUT2D eigenvalue weighted by atomic mass is 32.2. The van der Waals surface area contributed by atoms with Crippen LogP contribution in [0.5, 0.6) is 11.7 Å². The number of fused-ring (bicyclic) bond motifs is 1. The monoisotopic (exact) mass is 406 g/mol. The van der Waals surface area contributed by atoms with Crippen LogP contribution in [0.25, 0.3) is 10.8 Å². The SMILES string of the molecule is COc1ccc(C(=O)Oc2ccc3cc(C(=N)N)ccc3c2)o1.CS(=O)(=O)O. The summed E-state index contributed by atoms with van der Waals surface area (Å²) in [6.07, 6.45) is 0.715. The molecule has 0 saturated carbocycles. The number of nitrogens with one attached hydrogen (secondary N) is 1. The first-order valence-electron chi connectivity index (χ1n) is 7.73. The average molecular weight is 406 g/mol. The smallest absolute Gasteiger partial charge is 0.379 e. The normalized spacial score (nSPS) is 10.7. The molecule has 9 nitrogen and oxygen atoms in total. The van der Waals surface area contributed by atoms with Gasteiger partial charge in [0, 0.05) is 11.6 Å². The number of carbonyl (C=O) groups excluding carboxylic acids is 1. The molecule has 0 aliphatic carbocycles. The molecule has 10 heteroatoms. The van der Waals surface area contributed by atoms with Gasteiger partial charge in [0.1, 0.15) is 11.6 Å². The van der Waals surface area contributed by atoms with Gasteiger partial charge in [-0.1, -0.05) is 18.2 Å². The molecule has 28 heavy (non-hydrogen) atoms. The van der Waals surface area contributed by atoms with Crippen LogP contribution < -0.4 is 15.2 Å². The molecule has 1 aromatic heterocycles. The van der Waals surface area contributed by atoms with Gasteiger partial charge < -0.3 is 19.6 Å². The average Bonchev–Trinajstić information content (AvgIpc) is 3.09. The molecule has 0 spiro atoms. The number of hydrogen-bond acceptors (Lipinski definition) is 7. The van der Waals surface area contributed by atoms with Crippen LogP contribution in [0.15, 0.2) is 52.9 Å². The minimum Gasteiger partial charge on any atom is -0.468 e. The summed E-state index contributed by atoms with van der Waals surface area (Å²) < 4.78 is 41.2. The molecule has 0 aliphatic heterocycles. The van der Waals surface area contributed by atoms with Crippen LogP contribution in [-0.4, -0.2) is 38.1 Å². The number of nitrogens with two attached hydrogens (primary N) is 1. The summed E-state index contributed by atoms with van der Waals surface area (Å²) >= 11 is 0. The van der Waals surface area contributed by atoms with Crippen molar-refractivity contribution in [2.24, 2.45) is 5.73 Å². The van der Waals surface area contributed by atoms with Crippen molar-refractivity contribution in [3.8, 4) is 11.7 Å². The summed E-state index contributed by atoms with van der Waals surface area (Å²) in [5.74, 6) is 0.108. The van der Waals surface area contributed by atoms with Crippen molar-refractivity contribution in [3.05, 3.63) is 59.9 Å². The molecule has 1 heterocycles. The van der Waals surface area contributed by atoms with Gasteiger partial charge in [0.25, 0.3) is 16.1 Å². The maximum atomic E-state index is 12.0. The van der Waals surface area contributed by atoms with Crippen LogP contribution in [0.3, 0.4) is 0 Å². The van der Waals surface area contributed by atoms with Crippen molar-refractivity contribution in [2.75, 3.05) is 13.4 Å². The third kappa shape index (κ3) is 6.11. The van der Waals surface area contributed by atoms with Gasteiger partial charge in [0.15, 0.2) is 0 Å². The van der Waals surface area contributed by atoms with Gasteiger partial charge in [0.05, 0.1) is 13.4 Å². The highest BCUT2D eigenvalue weighted by Crippen LogP contribution is 2.23. The molecule has 0 aliphatic rings. The number of carbonyl (C=O) groups is 1. The summed E-state index contributed by atoms with van der Waals surface area (Å²) in [6.45, 7) is 0. The van der Waals surface area contributed by atoms with Crippen molar-refractivity contribution in [1.29, 1.82) is 5.41 Å². The number of nitrogen functional groups attached to an aromatic ring is 1. The van der Waals surface area contributed by atoms with E-state index in [1.807, 2.05) is 6.07 Å². The van der Waals surface area contributed by atoms with Gasteiger partial charge >= 0.3 is 5.97 Å². The summed E-state index contributed by atoms with van der Waals surface area (Å²) in [5, 5.41) is 9.22. The minimum absolute atomic E-state index is 0.00849. The lowest BCUT2D eigenvalue weighted by atomic mass is 10.1. The zero-order valence-electron chi connectivity index (χ0n) is 15.0. The molecule has 0 radical (unpaired) electrons. The first-order valence-corrected chi connectivity index (χ1v) is 9.58. The predicted octanol–water partition coefficient (Wildman–Crippen LogP) is 2.45. The van der Waals surface area contributed by atoms with Crippen LogP contribution in [0.1, 0.15) is 16.1 Å². The van der Waals surface area contributed by atoms with E-state index in [-0.39, 0.29) is 17.5 Å². The van der Waals surface area contributed by atoms with Gasteiger partial charge in [-0.05, 0) is 35.0 Å². The molecule has 0 amide bonds. The number of ether oxygens (including phenoxy) is 2. The Kier molecular flexibility index (Phi) is 6.39. The van der Waals surface area contributed by atoms with Crippen molar-refractivity contribution >= 4 is 32.7 Å².